The molecule has 0 saturated carbocycles. The van der Waals surface area contributed by atoms with Crippen molar-refractivity contribution in [1.29, 1.82) is 0 Å². The predicted octanol–water partition coefficient (Wildman–Crippen LogP) is 6.12. The minimum absolute atomic E-state index is 0.288. The molecule has 1 amide bonds. The van der Waals surface area contributed by atoms with Gasteiger partial charge in [-0.2, -0.15) is 0 Å². The number of anilines is 1. The highest BCUT2D eigenvalue weighted by Crippen LogP contribution is 2.26. The van der Waals surface area contributed by atoms with Crippen LogP contribution in [0.4, 0.5) is 5.69 Å². The first kappa shape index (κ1) is 23.6. The van der Waals surface area contributed by atoms with Crippen molar-refractivity contribution in [1.82, 2.24) is 9.97 Å². The van der Waals surface area contributed by atoms with Gasteiger partial charge in [-0.15, -0.1) is 0 Å². The molecule has 1 atom stereocenters. The molecule has 0 bridgehead atoms. The predicted molar refractivity (Wildman–Crippen MR) is 133 cm³/mol. The Morgan fingerprint density at radius 3 is 2.50 bits per heavy atom. The van der Waals surface area contributed by atoms with Gasteiger partial charge in [-0.3, -0.25) is 4.79 Å². The molecule has 9 heteroatoms. The Balaban J connectivity index is 1.49. The second-order valence-electron chi connectivity index (χ2n) is 7.46. The highest BCUT2D eigenvalue weighted by Gasteiger charge is 2.23. The van der Waals surface area contributed by atoms with E-state index in [-0.39, 0.29) is 6.42 Å². The zero-order valence-electron chi connectivity index (χ0n) is 18.4. The summed E-state index contributed by atoms with van der Waals surface area (Å²) in [6, 6.07) is 17.2. The first-order valence-electron chi connectivity index (χ1n) is 10.5. The average molecular weight is 498 g/mol. The Hall–Kier alpha value is -3.55. The molecule has 2 N–H and O–H groups in total. The lowest BCUT2D eigenvalue weighted by Gasteiger charge is -2.16. The smallest absolute Gasteiger partial charge is 0.338 e. The number of benzene rings is 3. The molecule has 0 radical (unpaired) electrons. The molecule has 0 spiro atoms. The molecule has 1 aromatic heterocycles. The Morgan fingerprint density at radius 2 is 1.82 bits per heavy atom. The normalized spacial score (nSPS) is 11.8. The van der Waals surface area contributed by atoms with Crippen molar-refractivity contribution >= 4 is 51.8 Å². The van der Waals surface area contributed by atoms with Crippen molar-refractivity contribution in [2.24, 2.45) is 0 Å². The van der Waals surface area contributed by atoms with E-state index in [1.807, 2.05) is 24.3 Å². The number of halogens is 2. The van der Waals surface area contributed by atoms with Crippen LogP contribution >= 0.6 is 23.2 Å². The highest BCUT2D eigenvalue weighted by molar-refractivity contribution is 6.36. The highest BCUT2D eigenvalue weighted by atomic mass is 35.5. The minimum atomic E-state index is -0.994. The number of imidazole rings is 1. The molecule has 4 rings (SSSR count). The van der Waals surface area contributed by atoms with Crippen LogP contribution in [0.15, 0.2) is 60.7 Å². The maximum atomic E-state index is 12.8. The van der Waals surface area contributed by atoms with E-state index >= 15 is 0 Å². The van der Waals surface area contributed by atoms with Gasteiger partial charge >= 0.3 is 5.97 Å². The fraction of sp³-hybridized carbons (Fsp3) is 0.160. The molecule has 1 unspecified atom stereocenters. The molecule has 4 aromatic rings. The molecule has 0 fully saturated rings. The van der Waals surface area contributed by atoms with E-state index < -0.39 is 18.0 Å². The molecule has 0 aliphatic rings. The van der Waals surface area contributed by atoms with Gasteiger partial charge in [0.2, 0.25) is 0 Å². The number of hydrogen-bond donors (Lipinski definition) is 2. The number of nitrogens with one attached hydrogen (secondary N) is 2. The van der Waals surface area contributed by atoms with E-state index in [4.69, 9.17) is 32.7 Å². The topological polar surface area (TPSA) is 93.3 Å². The summed E-state index contributed by atoms with van der Waals surface area (Å²) in [4.78, 5) is 33.2. The first-order valence-corrected chi connectivity index (χ1v) is 11.2. The summed E-state index contributed by atoms with van der Waals surface area (Å²) in [7, 11) is 1.61. The van der Waals surface area contributed by atoms with Gasteiger partial charge in [0.25, 0.3) is 5.91 Å². The Kier molecular flexibility index (Phi) is 7.05. The van der Waals surface area contributed by atoms with Crippen LogP contribution in [0.2, 0.25) is 10.0 Å². The van der Waals surface area contributed by atoms with Crippen LogP contribution in [0.3, 0.4) is 0 Å². The number of esters is 1. The maximum absolute atomic E-state index is 12.8. The summed E-state index contributed by atoms with van der Waals surface area (Å²) in [5.41, 5.74) is 2.93. The van der Waals surface area contributed by atoms with E-state index in [2.05, 4.69) is 15.3 Å². The molecule has 0 aliphatic carbocycles. The van der Waals surface area contributed by atoms with Gasteiger partial charge < -0.3 is 19.8 Å². The zero-order chi connectivity index (χ0) is 24.2. The number of carbonyl (C=O) groups excluding carboxylic acids is 2. The Labute approximate surface area is 206 Å². The van der Waals surface area contributed by atoms with Crippen LogP contribution in [0.5, 0.6) is 5.75 Å². The van der Waals surface area contributed by atoms with Gasteiger partial charge in [-0.1, -0.05) is 30.1 Å². The van der Waals surface area contributed by atoms with Gasteiger partial charge in [-0.25, -0.2) is 9.78 Å². The van der Waals surface area contributed by atoms with Gasteiger partial charge in [0.1, 0.15) is 11.6 Å². The monoisotopic (exact) mass is 497 g/mol. The van der Waals surface area contributed by atoms with Crippen LogP contribution in [-0.4, -0.2) is 35.1 Å². The van der Waals surface area contributed by atoms with Gasteiger partial charge in [0, 0.05) is 10.6 Å². The number of hydrogen-bond acceptors (Lipinski definition) is 5. The fourth-order valence-electron chi connectivity index (χ4n) is 3.35. The molecule has 7 nitrogen and oxygen atoms in total. The number of amides is 1. The number of rotatable bonds is 7. The zero-order valence-corrected chi connectivity index (χ0v) is 19.9. The summed E-state index contributed by atoms with van der Waals surface area (Å²) in [6.45, 7) is 1.75. The van der Waals surface area contributed by atoms with E-state index in [1.54, 1.807) is 44.4 Å². The van der Waals surface area contributed by atoms with Crippen molar-refractivity contribution in [3.05, 3.63) is 76.3 Å². The maximum Gasteiger partial charge on any atom is 0.338 e. The van der Waals surface area contributed by atoms with Crippen LogP contribution in [0.1, 0.15) is 23.7 Å². The first-order chi connectivity index (χ1) is 16.4. The minimum Gasteiger partial charge on any atom is -0.497 e. The number of methoxy groups -OCH3 is 1. The number of fused-ring (bicyclic) bond motifs is 1. The number of nitrogens with zero attached hydrogens (tertiary/aromatic N) is 1. The van der Waals surface area contributed by atoms with Crippen LogP contribution < -0.4 is 10.1 Å². The molecule has 0 saturated heterocycles. The van der Waals surface area contributed by atoms with Crippen molar-refractivity contribution in [3.63, 3.8) is 0 Å². The quantitative estimate of drug-likeness (QED) is 0.300. The number of ether oxygens (including phenoxy) is 2. The molecule has 1 heterocycles. The molecular formula is C25H21Cl2N3O4. The van der Waals surface area contributed by atoms with Gasteiger partial charge in [-0.05, 0) is 67.1 Å². The summed E-state index contributed by atoms with van der Waals surface area (Å²) >= 11 is 12.0. The van der Waals surface area contributed by atoms with Gasteiger partial charge in [0.05, 0.1) is 34.4 Å². The van der Waals surface area contributed by atoms with E-state index in [9.17, 15) is 9.59 Å². The number of aromatic amines is 1. The Bertz CT molecular complexity index is 1350. The fourth-order valence-corrected chi connectivity index (χ4v) is 3.80. The van der Waals surface area contributed by atoms with E-state index in [0.717, 1.165) is 11.3 Å². The van der Waals surface area contributed by atoms with Crippen molar-refractivity contribution in [2.75, 3.05) is 12.4 Å². The van der Waals surface area contributed by atoms with Crippen LogP contribution in [-0.2, 0) is 9.53 Å². The molecule has 174 valence electrons. The largest absolute Gasteiger partial charge is 0.497 e. The lowest BCUT2D eigenvalue weighted by molar-refractivity contribution is -0.124. The third-order valence-corrected chi connectivity index (χ3v) is 5.73. The second-order valence-corrected chi connectivity index (χ2v) is 8.31. The number of carbonyl (C=O) groups is 2. The van der Waals surface area contributed by atoms with Gasteiger partial charge in [0.15, 0.2) is 6.10 Å². The summed E-state index contributed by atoms with van der Waals surface area (Å²) < 4.78 is 10.7. The summed E-state index contributed by atoms with van der Waals surface area (Å²) in [5, 5.41) is 3.41. The number of aromatic nitrogens is 2. The molecule has 0 aliphatic heterocycles. The van der Waals surface area contributed by atoms with Crippen LogP contribution in [0, 0.1) is 0 Å². The molecule has 34 heavy (non-hydrogen) atoms. The Morgan fingerprint density at radius 1 is 1.06 bits per heavy atom. The average Bonchev–Trinajstić information content (AvgIpc) is 3.27. The SMILES string of the molecule is CCC(OC(=O)c1ccc2nc(-c3ccc(OC)cc3)[nH]c2c1)C(=O)Nc1ccc(Cl)cc1Cl. The van der Waals surface area contributed by atoms with Crippen molar-refractivity contribution in [3.8, 4) is 17.1 Å². The lowest BCUT2D eigenvalue weighted by Crippen LogP contribution is -2.32. The van der Waals surface area contributed by atoms with Crippen molar-refractivity contribution in [2.45, 2.75) is 19.4 Å². The van der Waals surface area contributed by atoms with Crippen LogP contribution in [0.25, 0.3) is 22.4 Å². The summed E-state index contributed by atoms with van der Waals surface area (Å²) in [5.74, 6) is 0.308. The second kappa shape index (κ2) is 10.2. The third-order valence-electron chi connectivity index (χ3n) is 5.18. The standard InChI is InChI=1S/C25H21Cl2N3O4/c1-3-22(24(31)30-19-11-7-16(26)13-18(19)27)34-25(32)15-6-10-20-21(12-15)29-23(28-20)14-4-8-17(33-2)9-5-14/h4-13,22H,3H2,1-2H3,(H,28,29)(H,30,31). The summed E-state index contributed by atoms with van der Waals surface area (Å²) in [6.07, 6.45) is -0.706. The van der Waals surface area contributed by atoms with E-state index in [1.165, 1.54) is 6.07 Å². The lowest BCUT2D eigenvalue weighted by atomic mass is 10.2. The molecular weight excluding hydrogens is 477 g/mol. The number of H-pyrrole nitrogens is 1. The third kappa shape index (κ3) is 5.16. The molecule has 3 aromatic carbocycles. The van der Waals surface area contributed by atoms with Crippen molar-refractivity contribution < 1.29 is 19.1 Å². The van der Waals surface area contributed by atoms with E-state index in [0.29, 0.717) is 38.2 Å².